The smallest absolute Gasteiger partial charge is 0.228 e. The summed E-state index contributed by atoms with van der Waals surface area (Å²) in [7, 11) is 0. The van der Waals surface area contributed by atoms with Gasteiger partial charge in [-0.15, -0.1) is 0 Å². The van der Waals surface area contributed by atoms with Crippen LogP contribution in [0.4, 0.5) is 0 Å². The second-order valence-electron chi connectivity index (χ2n) is 9.18. The summed E-state index contributed by atoms with van der Waals surface area (Å²) in [6, 6.07) is 18.4. The number of rotatable bonds is 7. The van der Waals surface area contributed by atoms with Gasteiger partial charge < -0.3 is 15.1 Å². The van der Waals surface area contributed by atoms with Crippen LogP contribution in [-0.4, -0.2) is 60.2 Å². The summed E-state index contributed by atoms with van der Waals surface area (Å²) >= 11 is 0. The number of carbonyl (C=O) groups is 3. The van der Waals surface area contributed by atoms with Crippen LogP contribution in [0.3, 0.4) is 0 Å². The number of nitrogens with zero attached hydrogens (tertiary/aromatic N) is 2. The molecule has 6 nitrogen and oxygen atoms in total. The van der Waals surface area contributed by atoms with Crippen molar-refractivity contribution < 1.29 is 14.4 Å². The van der Waals surface area contributed by atoms with Crippen LogP contribution < -0.4 is 5.32 Å². The normalized spacial score (nSPS) is 22.6. The molecule has 2 heterocycles. The lowest BCUT2D eigenvalue weighted by Crippen LogP contribution is -2.46. The molecule has 174 valence electrons. The Labute approximate surface area is 196 Å². The highest BCUT2D eigenvalue weighted by Gasteiger charge is 2.48. The summed E-state index contributed by atoms with van der Waals surface area (Å²) in [5.41, 5.74) is 2.67. The molecule has 4 rings (SSSR count). The van der Waals surface area contributed by atoms with E-state index in [1.54, 1.807) is 4.90 Å². The van der Waals surface area contributed by atoms with E-state index < -0.39 is 5.41 Å². The molecule has 0 aliphatic carbocycles. The summed E-state index contributed by atoms with van der Waals surface area (Å²) in [5.74, 6) is -0.261. The molecule has 0 aromatic heterocycles. The van der Waals surface area contributed by atoms with Gasteiger partial charge in [-0.3, -0.25) is 14.4 Å². The molecule has 0 saturated carbocycles. The maximum Gasteiger partial charge on any atom is 0.228 e. The van der Waals surface area contributed by atoms with E-state index in [9.17, 15) is 14.4 Å². The first-order chi connectivity index (χ1) is 16.0. The molecule has 2 aromatic rings. The number of benzene rings is 2. The van der Waals surface area contributed by atoms with Crippen molar-refractivity contribution in [3.8, 4) is 11.1 Å². The lowest BCUT2D eigenvalue weighted by atomic mass is 9.78. The molecule has 1 N–H and O–H groups in total. The highest BCUT2D eigenvalue weighted by Crippen LogP contribution is 2.38. The van der Waals surface area contributed by atoms with Gasteiger partial charge in [0.25, 0.3) is 0 Å². The van der Waals surface area contributed by atoms with E-state index in [1.165, 1.54) is 0 Å². The van der Waals surface area contributed by atoms with Gasteiger partial charge in [0.2, 0.25) is 17.7 Å². The van der Waals surface area contributed by atoms with Gasteiger partial charge >= 0.3 is 0 Å². The number of likely N-dealkylation sites (tertiary alicyclic amines) is 2. The molecule has 0 spiro atoms. The molecule has 2 saturated heterocycles. The summed E-state index contributed by atoms with van der Waals surface area (Å²) in [4.78, 5) is 42.3. The van der Waals surface area contributed by atoms with Crippen molar-refractivity contribution in [3.05, 3.63) is 60.2 Å². The Kier molecular flexibility index (Phi) is 6.82. The van der Waals surface area contributed by atoms with Crippen LogP contribution in [0, 0.1) is 11.3 Å². The number of amides is 3. The van der Waals surface area contributed by atoms with Crippen LogP contribution >= 0.6 is 0 Å². The largest absolute Gasteiger partial charge is 0.356 e. The molecule has 0 bridgehead atoms. The third-order valence-electron chi connectivity index (χ3n) is 7.06. The van der Waals surface area contributed by atoms with Gasteiger partial charge in [0.1, 0.15) is 0 Å². The predicted octanol–water partition coefficient (Wildman–Crippen LogP) is 3.12. The van der Waals surface area contributed by atoms with Gasteiger partial charge in [-0.1, -0.05) is 54.6 Å². The maximum atomic E-state index is 13.3. The van der Waals surface area contributed by atoms with Crippen LogP contribution in [0.5, 0.6) is 0 Å². The van der Waals surface area contributed by atoms with E-state index >= 15 is 0 Å². The third-order valence-corrected chi connectivity index (χ3v) is 7.06. The molecule has 3 amide bonds. The molecule has 0 unspecified atom stereocenters. The predicted molar refractivity (Wildman–Crippen MR) is 128 cm³/mol. The van der Waals surface area contributed by atoms with E-state index in [0.29, 0.717) is 45.6 Å². The van der Waals surface area contributed by atoms with E-state index in [2.05, 4.69) is 29.6 Å². The first kappa shape index (κ1) is 23.0. The zero-order valence-corrected chi connectivity index (χ0v) is 19.5. The van der Waals surface area contributed by atoms with Gasteiger partial charge in [-0.05, 0) is 43.4 Å². The fourth-order valence-corrected chi connectivity index (χ4v) is 5.26. The molecule has 33 heavy (non-hydrogen) atoms. The van der Waals surface area contributed by atoms with Gasteiger partial charge in [-0.25, -0.2) is 0 Å². The van der Waals surface area contributed by atoms with Crippen LogP contribution in [0.1, 0.15) is 32.3 Å². The van der Waals surface area contributed by atoms with Crippen LogP contribution in [0.15, 0.2) is 54.6 Å². The van der Waals surface area contributed by atoms with Crippen molar-refractivity contribution in [2.75, 3.05) is 32.7 Å². The van der Waals surface area contributed by atoms with Gasteiger partial charge in [0, 0.05) is 39.1 Å². The van der Waals surface area contributed by atoms with Crippen LogP contribution in [0.25, 0.3) is 11.1 Å². The summed E-state index contributed by atoms with van der Waals surface area (Å²) in [6.45, 7) is 6.45. The SMILES string of the molecule is CCNC(=O)[C@]1(Cc2ccccc2-c2ccccc2)CCN(C(=O)[C@H]2CC(=O)N(CC)C2)C1. The Morgan fingerprint density at radius 1 is 1.06 bits per heavy atom. The Morgan fingerprint density at radius 3 is 2.48 bits per heavy atom. The van der Waals surface area contributed by atoms with Gasteiger partial charge in [0.15, 0.2) is 0 Å². The van der Waals surface area contributed by atoms with Crippen molar-refractivity contribution in [1.29, 1.82) is 0 Å². The Bertz CT molecular complexity index is 1020. The Morgan fingerprint density at radius 2 is 1.79 bits per heavy atom. The zero-order chi connectivity index (χ0) is 23.4. The average molecular weight is 448 g/mol. The second kappa shape index (κ2) is 9.77. The number of hydrogen-bond acceptors (Lipinski definition) is 3. The first-order valence-corrected chi connectivity index (χ1v) is 12.0. The fourth-order valence-electron chi connectivity index (χ4n) is 5.26. The molecule has 2 aliphatic rings. The van der Waals surface area contributed by atoms with Gasteiger partial charge in [-0.2, -0.15) is 0 Å². The highest BCUT2D eigenvalue weighted by atomic mass is 16.2. The average Bonchev–Trinajstić information content (AvgIpc) is 3.44. The molecular formula is C27H33N3O3. The van der Waals surface area contributed by atoms with Crippen LogP contribution in [-0.2, 0) is 20.8 Å². The molecule has 6 heteroatoms. The monoisotopic (exact) mass is 447 g/mol. The maximum absolute atomic E-state index is 13.3. The molecule has 2 aromatic carbocycles. The summed E-state index contributed by atoms with van der Waals surface area (Å²) < 4.78 is 0. The Hall–Kier alpha value is -3.15. The first-order valence-electron chi connectivity index (χ1n) is 12.0. The van der Waals surface area contributed by atoms with Gasteiger partial charge in [0.05, 0.1) is 11.3 Å². The van der Waals surface area contributed by atoms with Crippen molar-refractivity contribution in [2.45, 2.75) is 33.1 Å². The number of nitrogens with one attached hydrogen (secondary N) is 1. The summed E-state index contributed by atoms with van der Waals surface area (Å²) in [5, 5.41) is 3.02. The lowest BCUT2D eigenvalue weighted by Gasteiger charge is -2.30. The lowest BCUT2D eigenvalue weighted by molar-refractivity contribution is -0.136. The molecule has 2 fully saturated rings. The van der Waals surface area contributed by atoms with E-state index in [4.69, 9.17) is 0 Å². The topological polar surface area (TPSA) is 69.7 Å². The second-order valence-corrected chi connectivity index (χ2v) is 9.18. The molecular weight excluding hydrogens is 414 g/mol. The minimum absolute atomic E-state index is 0.000785. The number of carbonyl (C=O) groups excluding carboxylic acids is 3. The van der Waals surface area contributed by atoms with Crippen molar-refractivity contribution in [1.82, 2.24) is 15.1 Å². The Balaban J connectivity index is 1.59. The number of hydrogen-bond donors (Lipinski definition) is 1. The highest BCUT2D eigenvalue weighted by molar-refractivity contribution is 5.91. The fraction of sp³-hybridized carbons (Fsp3) is 0.444. The van der Waals surface area contributed by atoms with Crippen molar-refractivity contribution in [2.24, 2.45) is 11.3 Å². The van der Waals surface area contributed by atoms with Crippen molar-refractivity contribution >= 4 is 17.7 Å². The summed E-state index contributed by atoms with van der Waals surface area (Å²) in [6.07, 6.45) is 1.46. The van der Waals surface area contributed by atoms with Crippen LogP contribution in [0.2, 0.25) is 0 Å². The standard InChI is InChI=1S/C27H33N3O3/c1-3-28-26(33)27(17-21-12-8-9-13-23(21)20-10-6-5-7-11-20)14-15-30(19-27)25(32)22-16-24(31)29(4-2)18-22/h5-13,22H,3-4,14-19H2,1-2H3,(H,28,33)/t22-,27-/m0/s1. The molecule has 2 atom stereocenters. The minimum atomic E-state index is -0.677. The van der Waals surface area contributed by atoms with E-state index in [0.717, 1.165) is 16.7 Å². The zero-order valence-electron chi connectivity index (χ0n) is 19.5. The van der Waals surface area contributed by atoms with Crippen molar-refractivity contribution in [3.63, 3.8) is 0 Å². The third kappa shape index (κ3) is 4.65. The van der Waals surface area contributed by atoms with E-state index in [-0.39, 0.29) is 30.1 Å². The molecule has 2 aliphatic heterocycles. The molecule has 0 radical (unpaired) electrons. The van der Waals surface area contributed by atoms with E-state index in [1.807, 2.05) is 49.1 Å². The quantitative estimate of drug-likeness (QED) is 0.709. The minimum Gasteiger partial charge on any atom is -0.356 e.